The molecule has 0 spiro atoms. The zero-order valence-electron chi connectivity index (χ0n) is 13.8. The van der Waals surface area contributed by atoms with Gasteiger partial charge in [0.05, 0.1) is 26.2 Å². The average molecular weight is 329 g/mol. The molecule has 0 aliphatic rings. The van der Waals surface area contributed by atoms with Gasteiger partial charge in [-0.2, -0.15) is 0 Å². The Balaban J connectivity index is 2.17. The van der Waals surface area contributed by atoms with E-state index in [1.165, 1.54) is 19.2 Å². The Morgan fingerprint density at radius 3 is 2.46 bits per heavy atom. The van der Waals surface area contributed by atoms with Crippen LogP contribution in [0.1, 0.15) is 21.5 Å². The lowest BCUT2D eigenvalue weighted by Crippen LogP contribution is -2.16. The second-order valence-electron chi connectivity index (χ2n) is 5.24. The smallest absolute Gasteiger partial charge is 0.335 e. The van der Waals surface area contributed by atoms with Gasteiger partial charge < -0.3 is 19.9 Å². The Labute approximate surface area is 140 Å². The van der Waals surface area contributed by atoms with Gasteiger partial charge in [0.2, 0.25) is 5.91 Å². The number of aromatic carboxylic acids is 1. The normalized spacial score (nSPS) is 10.1. The van der Waals surface area contributed by atoms with Gasteiger partial charge in [-0.1, -0.05) is 12.1 Å². The average Bonchev–Trinajstić information content (AvgIpc) is 2.56. The van der Waals surface area contributed by atoms with Crippen molar-refractivity contribution in [3.05, 3.63) is 53.1 Å². The molecule has 0 heterocycles. The molecule has 24 heavy (non-hydrogen) atoms. The molecule has 126 valence electrons. The molecule has 0 bridgehead atoms. The molecule has 0 atom stereocenters. The molecule has 0 unspecified atom stereocenters. The molecule has 1 amide bonds. The van der Waals surface area contributed by atoms with Gasteiger partial charge in [0.25, 0.3) is 0 Å². The molecule has 0 aliphatic heterocycles. The molecule has 0 aliphatic carbocycles. The lowest BCUT2D eigenvalue weighted by atomic mass is 10.1. The van der Waals surface area contributed by atoms with Crippen LogP contribution in [0.5, 0.6) is 11.5 Å². The summed E-state index contributed by atoms with van der Waals surface area (Å²) in [5.74, 6) is -0.104. The number of carboxylic acids is 1. The molecule has 2 rings (SSSR count). The molecule has 0 radical (unpaired) electrons. The zero-order chi connectivity index (χ0) is 17.7. The number of carbonyl (C=O) groups excluding carboxylic acids is 1. The fourth-order valence-corrected chi connectivity index (χ4v) is 2.25. The highest BCUT2D eigenvalue weighted by molar-refractivity contribution is 5.95. The minimum Gasteiger partial charge on any atom is -0.497 e. The van der Waals surface area contributed by atoms with Gasteiger partial charge in [0.1, 0.15) is 11.5 Å². The number of aryl methyl sites for hydroxylation is 1. The van der Waals surface area contributed by atoms with E-state index in [9.17, 15) is 9.59 Å². The van der Waals surface area contributed by atoms with Crippen LogP contribution in [0.2, 0.25) is 0 Å². The number of rotatable bonds is 6. The first-order valence-corrected chi connectivity index (χ1v) is 7.29. The van der Waals surface area contributed by atoms with Crippen molar-refractivity contribution >= 4 is 17.6 Å². The minimum atomic E-state index is -1.04. The monoisotopic (exact) mass is 329 g/mol. The topological polar surface area (TPSA) is 84.9 Å². The highest BCUT2D eigenvalue weighted by atomic mass is 16.5. The first-order chi connectivity index (χ1) is 11.4. The van der Waals surface area contributed by atoms with Crippen molar-refractivity contribution in [2.75, 3.05) is 19.5 Å². The summed E-state index contributed by atoms with van der Waals surface area (Å²) in [6, 6.07) is 9.83. The van der Waals surface area contributed by atoms with Crippen LogP contribution < -0.4 is 14.8 Å². The first-order valence-electron chi connectivity index (χ1n) is 7.29. The first kappa shape index (κ1) is 17.3. The van der Waals surface area contributed by atoms with Gasteiger partial charge in [0, 0.05) is 17.3 Å². The number of amides is 1. The molecule has 2 N–H and O–H groups in total. The Hall–Kier alpha value is -3.02. The number of ether oxygens (including phenoxy) is 2. The number of carboxylic acid groups (broad SMARTS) is 1. The van der Waals surface area contributed by atoms with Crippen LogP contribution in [-0.2, 0) is 11.2 Å². The second kappa shape index (κ2) is 7.50. The molecule has 0 fully saturated rings. The van der Waals surface area contributed by atoms with Crippen molar-refractivity contribution in [2.45, 2.75) is 13.3 Å². The van der Waals surface area contributed by atoms with E-state index in [1.807, 2.05) is 0 Å². The van der Waals surface area contributed by atoms with E-state index in [2.05, 4.69) is 5.32 Å². The Kier molecular flexibility index (Phi) is 5.42. The van der Waals surface area contributed by atoms with Gasteiger partial charge in [0.15, 0.2) is 0 Å². The maximum Gasteiger partial charge on any atom is 0.335 e. The third kappa shape index (κ3) is 4.04. The SMILES string of the molecule is COc1ccc(CC(=O)Nc2cc(C(=O)O)ccc2C)c(OC)c1. The van der Waals surface area contributed by atoms with Crippen LogP contribution in [-0.4, -0.2) is 31.2 Å². The molecular weight excluding hydrogens is 310 g/mol. The number of carbonyl (C=O) groups is 2. The summed E-state index contributed by atoms with van der Waals surface area (Å²) >= 11 is 0. The predicted octanol–water partition coefficient (Wildman–Crippen LogP) is 2.89. The highest BCUT2D eigenvalue weighted by Gasteiger charge is 2.12. The summed E-state index contributed by atoms with van der Waals surface area (Å²) in [7, 11) is 3.08. The van der Waals surface area contributed by atoms with Crippen molar-refractivity contribution in [2.24, 2.45) is 0 Å². The van der Waals surface area contributed by atoms with Crippen molar-refractivity contribution in [1.82, 2.24) is 0 Å². The lowest BCUT2D eigenvalue weighted by molar-refractivity contribution is -0.115. The molecule has 2 aromatic rings. The summed E-state index contributed by atoms with van der Waals surface area (Å²) in [6.45, 7) is 1.80. The van der Waals surface area contributed by atoms with Gasteiger partial charge in [-0.05, 0) is 30.7 Å². The maximum absolute atomic E-state index is 12.3. The van der Waals surface area contributed by atoms with E-state index in [0.717, 1.165) is 5.56 Å². The second-order valence-corrected chi connectivity index (χ2v) is 5.24. The van der Waals surface area contributed by atoms with Crippen molar-refractivity contribution in [1.29, 1.82) is 0 Å². The predicted molar refractivity (Wildman–Crippen MR) is 90.0 cm³/mol. The summed E-state index contributed by atoms with van der Waals surface area (Å²) in [5.41, 5.74) is 2.10. The quantitative estimate of drug-likeness (QED) is 0.851. The van der Waals surface area contributed by atoms with Crippen LogP contribution >= 0.6 is 0 Å². The van der Waals surface area contributed by atoms with Crippen molar-refractivity contribution in [3.63, 3.8) is 0 Å². The van der Waals surface area contributed by atoms with E-state index in [1.54, 1.807) is 38.3 Å². The van der Waals surface area contributed by atoms with E-state index < -0.39 is 5.97 Å². The van der Waals surface area contributed by atoms with Crippen LogP contribution in [0.25, 0.3) is 0 Å². The van der Waals surface area contributed by atoms with Crippen LogP contribution in [0, 0.1) is 6.92 Å². The molecule has 0 aromatic heterocycles. The Bertz CT molecular complexity index is 770. The molecule has 6 nitrogen and oxygen atoms in total. The van der Waals surface area contributed by atoms with Gasteiger partial charge >= 0.3 is 5.97 Å². The standard InChI is InChI=1S/C18H19NO5/c1-11-4-5-13(18(21)22)8-15(11)19-17(20)9-12-6-7-14(23-2)10-16(12)24-3/h4-8,10H,9H2,1-3H3,(H,19,20)(H,21,22). The number of nitrogens with one attached hydrogen (secondary N) is 1. The van der Waals surface area contributed by atoms with Gasteiger partial charge in [-0.25, -0.2) is 4.79 Å². The van der Waals surface area contributed by atoms with Gasteiger partial charge in [-0.15, -0.1) is 0 Å². The third-order valence-corrected chi connectivity index (χ3v) is 3.60. The number of hydrogen-bond donors (Lipinski definition) is 2. The number of anilines is 1. The summed E-state index contributed by atoms with van der Waals surface area (Å²) in [5, 5.41) is 11.8. The lowest BCUT2D eigenvalue weighted by Gasteiger charge is -2.12. The van der Waals surface area contributed by atoms with Crippen LogP contribution in [0.3, 0.4) is 0 Å². The third-order valence-electron chi connectivity index (χ3n) is 3.60. The van der Waals surface area contributed by atoms with Crippen molar-refractivity contribution < 1.29 is 24.2 Å². The van der Waals surface area contributed by atoms with E-state index in [4.69, 9.17) is 14.6 Å². The summed E-state index contributed by atoms with van der Waals surface area (Å²) < 4.78 is 10.4. The summed E-state index contributed by atoms with van der Waals surface area (Å²) in [4.78, 5) is 23.3. The summed E-state index contributed by atoms with van der Waals surface area (Å²) in [6.07, 6.45) is 0.101. The fourth-order valence-electron chi connectivity index (χ4n) is 2.25. The van der Waals surface area contributed by atoms with E-state index in [-0.39, 0.29) is 17.9 Å². The largest absolute Gasteiger partial charge is 0.497 e. The maximum atomic E-state index is 12.3. The number of methoxy groups -OCH3 is 2. The number of hydrogen-bond acceptors (Lipinski definition) is 4. The highest BCUT2D eigenvalue weighted by Crippen LogP contribution is 2.25. The van der Waals surface area contributed by atoms with Crippen LogP contribution in [0.15, 0.2) is 36.4 Å². The zero-order valence-corrected chi connectivity index (χ0v) is 13.8. The van der Waals surface area contributed by atoms with E-state index in [0.29, 0.717) is 22.7 Å². The minimum absolute atomic E-state index is 0.101. The number of benzene rings is 2. The Morgan fingerprint density at radius 2 is 1.83 bits per heavy atom. The van der Waals surface area contributed by atoms with Gasteiger partial charge in [-0.3, -0.25) is 4.79 Å². The van der Waals surface area contributed by atoms with Crippen LogP contribution in [0.4, 0.5) is 5.69 Å². The molecule has 0 saturated heterocycles. The molecule has 2 aromatic carbocycles. The molecular formula is C18H19NO5. The molecule has 6 heteroatoms. The molecule has 0 saturated carbocycles. The van der Waals surface area contributed by atoms with E-state index >= 15 is 0 Å². The fraction of sp³-hybridized carbons (Fsp3) is 0.222. The van der Waals surface area contributed by atoms with Crippen molar-refractivity contribution in [3.8, 4) is 11.5 Å². The Morgan fingerprint density at radius 1 is 1.08 bits per heavy atom.